The van der Waals surface area contributed by atoms with Crippen LogP contribution in [0.2, 0.25) is 0 Å². The molecular formula is C13H18BrN3O. The Morgan fingerprint density at radius 2 is 2.00 bits per heavy atom. The third-order valence-electron chi connectivity index (χ3n) is 3.41. The van der Waals surface area contributed by atoms with Crippen LogP contribution in [0.3, 0.4) is 0 Å². The van der Waals surface area contributed by atoms with Gasteiger partial charge in [0.25, 0.3) is 0 Å². The lowest BCUT2D eigenvalue weighted by atomic mass is 9.99. The predicted octanol–water partition coefficient (Wildman–Crippen LogP) is 3.01. The zero-order valence-electron chi connectivity index (χ0n) is 11.3. The molecule has 0 aliphatic carbocycles. The van der Waals surface area contributed by atoms with Crippen molar-refractivity contribution in [2.24, 2.45) is 7.05 Å². The van der Waals surface area contributed by atoms with Gasteiger partial charge in [0.2, 0.25) is 0 Å². The number of aromatic nitrogens is 2. The van der Waals surface area contributed by atoms with Gasteiger partial charge in [-0.05, 0) is 49.3 Å². The fourth-order valence-electron chi connectivity index (χ4n) is 2.40. The first kappa shape index (κ1) is 13.4. The lowest BCUT2D eigenvalue weighted by Gasteiger charge is -2.18. The first-order chi connectivity index (χ1) is 8.47. The van der Waals surface area contributed by atoms with Crippen LogP contribution in [-0.2, 0) is 7.05 Å². The summed E-state index contributed by atoms with van der Waals surface area (Å²) < 4.78 is 8.60. The number of aryl methyl sites for hydroxylation is 3. The summed E-state index contributed by atoms with van der Waals surface area (Å²) in [5, 5.41) is 7.62. The minimum Gasteiger partial charge on any atom is -0.466 e. The Morgan fingerprint density at radius 1 is 1.33 bits per heavy atom. The molecule has 2 aromatic rings. The number of nitrogens with one attached hydrogen (secondary N) is 1. The van der Waals surface area contributed by atoms with Crippen LogP contribution >= 0.6 is 15.9 Å². The number of hydrogen-bond acceptors (Lipinski definition) is 3. The van der Waals surface area contributed by atoms with E-state index >= 15 is 0 Å². The summed E-state index contributed by atoms with van der Waals surface area (Å²) in [6.07, 6.45) is 1.82. The largest absolute Gasteiger partial charge is 0.466 e. The molecule has 0 spiro atoms. The second-order valence-corrected chi connectivity index (χ2v) is 5.33. The molecule has 5 heteroatoms. The van der Waals surface area contributed by atoms with Crippen molar-refractivity contribution in [1.29, 1.82) is 0 Å². The Hall–Kier alpha value is -1.07. The first-order valence-corrected chi connectivity index (χ1v) is 6.67. The van der Waals surface area contributed by atoms with E-state index in [1.807, 2.05) is 38.8 Å². The van der Waals surface area contributed by atoms with E-state index < -0.39 is 0 Å². The molecule has 1 N–H and O–H groups in total. The standard InChI is InChI=1S/C13H18BrN3O/c1-7-8(2)18-9(3)11(7)12(15-4)13-10(14)6-16-17(13)5/h6,12,15H,1-5H3. The number of furan rings is 1. The Kier molecular flexibility index (Phi) is 3.64. The van der Waals surface area contributed by atoms with Crippen LogP contribution in [0.5, 0.6) is 0 Å². The second-order valence-electron chi connectivity index (χ2n) is 4.48. The van der Waals surface area contributed by atoms with E-state index in [0.717, 1.165) is 21.7 Å². The van der Waals surface area contributed by atoms with Crippen molar-refractivity contribution in [2.75, 3.05) is 7.05 Å². The van der Waals surface area contributed by atoms with Crippen LogP contribution in [0.4, 0.5) is 0 Å². The minimum atomic E-state index is 0.0734. The van der Waals surface area contributed by atoms with E-state index in [9.17, 15) is 0 Å². The van der Waals surface area contributed by atoms with Crippen molar-refractivity contribution >= 4 is 15.9 Å². The van der Waals surface area contributed by atoms with E-state index in [0.29, 0.717) is 0 Å². The van der Waals surface area contributed by atoms with Crippen molar-refractivity contribution in [3.8, 4) is 0 Å². The summed E-state index contributed by atoms with van der Waals surface area (Å²) >= 11 is 3.56. The molecule has 0 bridgehead atoms. The maximum absolute atomic E-state index is 5.72. The van der Waals surface area contributed by atoms with E-state index in [2.05, 4.69) is 33.3 Å². The number of hydrogen-bond donors (Lipinski definition) is 1. The van der Waals surface area contributed by atoms with Crippen LogP contribution < -0.4 is 5.32 Å². The molecule has 1 atom stereocenters. The van der Waals surface area contributed by atoms with Crippen molar-refractivity contribution in [3.63, 3.8) is 0 Å². The lowest BCUT2D eigenvalue weighted by Crippen LogP contribution is -2.22. The molecule has 2 heterocycles. The lowest BCUT2D eigenvalue weighted by molar-refractivity contribution is 0.493. The average Bonchev–Trinajstić information content (AvgIpc) is 2.76. The summed E-state index contributed by atoms with van der Waals surface area (Å²) in [7, 11) is 3.90. The van der Waals surface area contributed by atoms with Crippen molar-refractivity contribution < 1.29 is 4.42 Å². The molecule has 0 fully saturated rings. The van der Waals surface area contributed by atoms with Gasteiger partial charge < -0.3 is 9.73 Å². The van der Waals surface area contributed by atoms with E-state index in [1.165, 1.54) is 11.1 Å². The maximum Gasteiger partial charge on any atom is 0.106 e. The Labute approximate surface area is 115 Å². The van der Waals surface area contributed by atoms with Gasteiger partial charge in [-0.25, -0.2) is 0 Å². The SMILES string of the molecule is CNC(c1c(C)oc(C)c1C)c1c(Br)cnn1C. The minimum absolute atomic E-state index is 0.0734. The van der Waals surface area contributed by atoms with E-state index in [-0.39, 0.29) is 6.04 Å². The molecule has 0 aromatic carbocycles. The Bertz CT molecular complexity index is 552. The smallest absolute Gasteiger partial charge is 0.106 e. The molecular weight excluding hydrogens is 294 g/mol. The highest BCUT2D eigenvalue weighted by molar-refractivity contribution is 9.10. The van der Waals surface area contributed by atoms with Crippen LogP contribution in [0.25, 0.3) is 0 Å². The van der Waals surface area contributed by atoms with Crippen LogP contribution in [0, 0.1) is 20.8 Å². The normalized spacial score (nSPS) is 13.0. The molecule has 98 valence electrons. The van der Waals surface area contributed by atoms with Gasteiger partial charge >= 0.3 is 0 Å². The fraction of sp³-hybridized carbons (Fsp3) is 0.462. The molecule has 4 nitrogen and oxygen atoms in total. The summed E-state index contributed by atoms with van der Waals surface area (Å²) in [6, 6.07) is 0.0734. The molecule has 1 unspecified atom stereocenters. The molecule has 18 heavy (non-hydrogen) atoms. The number of rotatable bonds is 3. The summed E-state index contributed by atoms with van der Waals surface area (Å²) in [5.74, 6) is 1.93. The molecule has 2 rings (SSSR count). The van der Waals surface area contributed by atoms with Crippen LogP contribution in [0.1, 0.15) is 34.4 Å². The maximum atomic E-state index is 5.72. The number of halogens is 1. The molecule has 0 aliphatic heterocycles. The zero-order chi connectivity index (χ0) is 13.4. The topological polar surface area (TPSA) is 43.0 Å². The second kappa shape index (κ2) is 4.90. The highest BCUT2D eigenvalue weighted by Gasteiger charge is 2.25. The Morgan fingerprint density at radius 3 is 2.39 bits per heavy atom. The molecule has 0 aliphatic rings. The first-order valence-electron chi connectivity index (χ1n) is 5.88. The highest BCUT2D eigenvalue weighted by Crippen LogP contribution is 2.34. The number of nitrogens with zero attached hydrogens (tertiary/aromatic N) is 2. The van der Waals surface area contributed by atoms with Crippen LogP contribution in [-0.4, -0.2) is 16.8 Å². The average molecular weight is 312 g/mol. The Balaban J connectivity index is 2.59. The van der Waals surface area contributed by atoms with Gasteiger partial charge in [-0.15, -0.1) is 0 Å². The summed E-state index contributed by atoms with van der Waals surface area (Å²) in [6.45, 7) is 6.09. The molecule has 2 aromatic heterocycles. The van der Waals surface area contributed by atoms with Crippen molar-refractivity contribution in [1.82, 2.24) is 15.1 Å². The molecule has 0 saturated carbocycles. The molecule has 0 amide bonds. The monoisotopic (exact) mass is 311 g/mol. The van der Waals surface area contributed by atoms with Crippen molar-refractivity contribution in [3.05, 3.63) is 39.0 Å². The van der Waals surface area contributed by atoms with Gasteiger partial charge in [-0.3, -0.25) is 4.68 Å². The quantitative estimate of drug-likeness (QED) is 0.947. The molecule has 0 saturated heterocycles. The predicted molar refractivity (Wildman–Crippen MR) is 74.7 cm³/mol. The van der Waals surface area contributed by atoms with Gasteiger partial charge in [-0.1, -0.05) is 0 Å². The highest BCUT2D eigenvalue weighted by atomic mass is 79.9. The van der Waals surface area contributed by atoms with Gasteiger partial charge in [0.05, 0.1) is 22.4 Å². The van der Waals surface area contributed by atoms with Gasteiger partial charge in [0.15, 0.2) is 0 Å². The third-order valence-corrected chi connectivity index (χ3v) is 4.02. The van der Waals surface area contributed by atoms with E-state index in [1.54, 1.807) is 0 Å². The summed E-state index contributed by atoms with van der Waals surface area (Å²) in [5.41, 5.74) is 3.49. The third kappa shape index (κ3) is 2.01. The van der Waals surface area contributed by atoms with Gasteiger partial charge in [0.1, 0.15) is 11.5 Å². The van der Waals surface area contributed by atoms with E-state index in [4.69, 9.17) is 4.42 Å². The van der Waals surface area contributed by atoms with Crippen LogP contribution in [0.15, 0.2) is 15.1 Å². The van der Waals surface area contributed by atoms with Gasteiger partial charge in [0, 0.05) is 12.6 Å². The molecule has 0 radical (unpaired) electrons. The summed E-state index contributed by atoms with van der Waals surface area (Å²) in [4.78, 5) is 0. The zero-order valence-corrected chi connectivity index (χ0v) is 12.9. The van der Waals surface area contributed by atoms with Gasteiger partial charge in [-0.2, -0.15) is 5.10 Å². The van der Waals surface area contributed by atoms with Crippen molar-refractivity contribution in [2.45, 2.75) is 26.8 Å². The fourth-order valence-corrected chi connectivity index (χ4v) is 2.97.